The van der Waals surface area contributed by atoms with Crippen LogP contribution in [0.25, 0.3) is 0 Å². The van der Waals surface area contributed by atoms with E-state index in [-0.39, 0.29) is 18.7 Å². The monoisotopic (exact) mass is 317 g/mol. The molecule has 120 valence electrons. The number of hydrogen-bond donors (Lipinski definition) is 2. The number of halogens is 3. The van der Waals surface area contributed by atoms with Crippen molar-refractivity contribution in [2.24, 2.45) is 0 Å². The summed E-state index contributed by atoms with van der Waals surface area (Å²) in [4.78, 5) is 22.4. The van der Waals surface area contributed by atoms with Gasteiger partial charge in [-0.15, -0.1) is 0 Å². The van der Waals surface area contributed by atoms with Crippen LogP contribution in [0.2, 0.25) is 0 Å². The molecule has 0 aliphatic carbocycles. The lowest BCUT2D eigenvalue weighted by Crippen LogP contribution is -2.32. The van der Waals surface area contributed by atoms with Crippen molar-refractivity contribution < 1.29 is 32.6 Å². The van der Waals surface area contributed by atoms with Crippen LogP contribution in [-0.4, -0.2) is 30.3 Å². The van der Waals surface area contributed by atoms with E-state index in [2.05, 4.69) is 16.6 Å². The molecule has 0 bridgehead atoms. The smallest absolute Gasteiger partial charge is 0.416 e. The van der Waals surface area contributed by atoms with Crippen LogP contribution in [0.4, 0.5) is 18.0 Å². The molecule has 1 amide bonds. The lowest BCUT2D eigenvalue weighted by molar-refractivity contribution is -0.138. The Labute approximate surface area is 124 Å². The maximum Gasteiger partial charge on any atom is 0.416 e. The molecule has 0 spiro atoms. The Morgan fingerprint density at radius 1 is 1.32 bits per heavy atom. The van der Waals surface area contributed by atoms with Gasteiger partial charge in [0.2, 0.25) is 0 Å². The van der Waals surface area contributed by atoms with Gasteiger partial charge in [0.1, 0.15) is 6.61 Å². The number of nitrogens with one attached hydrogen (secondary N) is 1. The van der Waals surface area contributed by atoms with Crippen LogP contribution >= 0.6 is 0 Å². The first-order chi connectivity index (χ1) is 10.3. The van der Waals surface area contributed by atoms with Crippen LogP contribution in [0.1, 0.15) is 17.0 Å². The van der Waals surface area contributed by atoms with E-state index in [0.717, 1.165) is 24.3 Å². The highest BCUT2D eigenvalue weighted by Gasteiger charge is 2.30. The summed E-state index contributed by atoms with van der Waals surface area (Å²) >= 11 is 0. The molecule has 1 aromatic rings. The number of hydrogen-bond acceptors (Lipinski definition) is 3. The van der Waals surface area contributed by atoms with Gasteiger partial charge < -0.3 is 15.2 Å². The number of amides is 1. The van der Waals surface area contributed by atoms with Crippen LogP contribution in [0.5, 0.6) is 0 Å². The van der Waals surface area contributed by atoms with Crippen LogP contribution in [0.15, 0.2) is 36.9 Å². The summed E-state index contributed by atoms with van der Waals surface area (Å²) in [5.41, 5.74) is -0.733. The third-order valence-corrected chi connectivity index (χ3v) is 2.72. The van der Waals surface area contributed by atoms with Crippen molar-refractivity contribution in [3.05, 3.63) is 48.0 Å². The minimum Gasteiger partial charge on any atom is -0.481 e. The van der Waals surface area contributed by atoms with Crippen molar-refractivity contribution in [1.82, 2.24) is 5.32 Å². The molecular weight excluding hydrogens is 303 g/mol. The minimum absolute atomic E-state index is 0.0378. The summed E-state index contributed by atoms with van der Waals surface area (Å²) in [6.45, 7) is 2.99. The average molecular weight is 317 g/mol. The maximum absolute atomic E-state index is 12.5. The highest BCUT2D eigenvalue weighted by molar-refractivity contribution is 5.77. The molecule has 0 aliphatic heterocycles. The number of carboxylic acids is 1. The number of benzene rings is 1. The summed E-state index contributed by atoms with van der Waals surface area (Å²) in [6, 6.07) is 3.72. The fourth-order valence-corrected chi connectivity index (χ4v) is 1.62. The fraction of sp³-hybridized carbons (Fsp3) is 0.286. The van der Waals surface area contributed by atoms with E-state index in [1.54, 1.807) is 0 Å². The molecule has 0 saturated heterocycles. The van der Waals surface area contributed by atoms with E-state index in [1.165, 1.54) is 6.08 Å². The highest BCUT2D eigenvalue weighted by Crippen LogP contribution is 2.30. The molecule has 0 saturated carbocycles. The fourth-order valence-electron chi connectivity index (χ4n) is 1.62. The molecule has 5 nitrogen and oxygen atoms in total. The summed E-state index contributed by atoms with van der Waals surface area (Å²) in [6.07, 6.45) is -3.99. The molecule has 1 atom stereocenters. The molecule has 8 heteroatoms. The van der Waals surface area contributed by atoms with Gasteiger partial charge in [0.05, 0.1) is 11.5 Å². The predicted molar refractivity (Wildman–Crippen MR) is 71.4 cm³/mol. The van der Waals surface area contributed by atoms with E-state index in [0.29, 0.717) is 0 Å². The molecule has 1 rings (SSSR count). The molecule has 1 aromatic carbocycles. The quantitative estimate of drug-likeness (QED) is 0.791. The van der Waals surface area contributed by atoms with Crippen LogP contribution in [0.3, 0.4) is 0 Å². The molecule has 0 aromatic heterocycles. The zero-order chi connectivity index (χ0) is 16.8. The number of alkyl carbamates (subject to hydrolysis) is 1. The number of aliphatic carboxylic acids is 1. The summed E-state index contributed by atoms with van der Waals surface area (Å²) < 4.78 is 42.0. The van der Waals surface area contributed by atoms with Crippen molar-refractivity contribution in [3.8, 4) is 0 Å². The Kier molecular flexibility index (Phi) is 5.97. The standard InChI is InChI=1S/C14H14F3NO4/c1-2-7-22-13(21)18-8-11(12(19)20)9-3-5-10(6-4-9)14(15,16)17/h2-6,11H,1,7-8H2,(H,18,21)(H,19,20). The maximum atomic E-state index is 12.5. The molecule has 0 radical (unpaired) electrons. The van der Waals surface area contributed by atoms with Crippen molar-refractivity contribution in [2.75, 3.05) is 13.2 Å². The summed E-state index contributed by atoms with van der Waals surface area (Å²) in [5, 5.41) is 11.3. The number of ether oxygens (including phenoxy) is 1. The van der Waals surface area contributed by atoms with Gasteiger partial charge in [-0.1, -0.05) is 24.8 Å². The molecular formula is C14H14F3NO4. The second-order valence-electron chi connectivity index (χ2n) is 4.28. The Hall–Kier alpha value is -2.51. The van der Waals surface area contributed by atoms with E-state index in [4.69, 9.17) is 5.11 Å². The number of alkyl halides is 3. The third kappa shape index (κ3) is 5.12. The molecule has 0 fully saturated rings. The van der Waals surface area contributed by atoms with Crippen molar-refractivity contribution in [1.29, 1.82) is 0 Å². The van der Waals surface area contributed by atoms with Crippen LogP contribution in [0, 0.1) is 0 Å². The van der Waals surface area contributed by atoms with E-state index >= 15 is 0 Å². The molecule has 0 aliphatic rings. The van der Waals surface area contributed by atoms with Gasteiger partial charge in [0.15, 0.2) is 0 Å². The highest BCUT2D eigenvalue weighted by atomic mass is 19.4. The van der Waals surface area contributed by atoms with Crippen molar-refractivity contribution in [2.45, 2.75) is 12.1 Å². The molecule has 1 unspecified atom stereocenters. The number of rotatable bonds is 6. The van der Waals surface area contributed by atoms with E-state index in [1.807, 2.05) is 0 Å². The van der Waals surface area contributed by atoms with Gasteiger partial charge in [0, 0.05) is 6.54 Å². The molecule has 22 heavy (non-hydrogen) atoms. The molecule has 2 N–H and O–H groups in total. The minimum atomic E-state index is -4.50. The van der Waals surface area contributed by atoms with E-state index in [9.17, 15) is 22.8 Å². The second kappa shape index (κ2) is 7.48. The van der Waals surface area contributed by atoms with Gasteiger partial charge in [-0.05, 0) is 17.7 Å². The predicted octanol–water partition coefficient (Wildman–Crippen LogP) is 2.79. The molecule has 0 heterocycles. The average Bonchev–Trinajstić information content (AvgIpc) is 2.44. The van der Waals surface area contributed by atoms with Gasteiger partial charge in [-0.2, -0.15) is 13.2 Å². The number of carbonyl (C=O) groups is 2. The summed E-state index contributed by atoms with van der Waals surface area (Å²) in [5.74, 6) is -2.46. The lowest BCUT2D eigenvalue weighted by atomic mass is 9.98. The van der Waals surface area contributed by atoms with Gasteiger partial charge in [-0.3, -0.25) is 4.79 Å². The largest absolute Gasteiger partial charge is 0.481 e. The van der Waals surface area contributed by atoms with Gasteiger partial charge in [0.25, 0.3) is 0 Å². The SMILES string of the molecule is C=CCOC(=O)NCC(C(=O)O)c1ccc(C(F)(F)F)cc1. The topological polar surface area (TPSA) is 75.6 Å². The van der Waals surface area contributed by atoms with E-state index < -0.39 is 29.7 Å². The third-order valence-electron chi connectivity index (χ3n) is 2.72. The number of carbonyl (C=O) groups excluding carboxylic acids is 1. The Morgan fingerprint density at radius 2 is 1.91 bits per heavy atom. The Bertz CT molecular complexity index is 540. The Balaban J connectivity index is 2.77. The van der Waals surface area contributed by atoms with Gasteiger partial charge >= 0.3 is 18.2 Å². The van der Waals surface area contributed by atoms with Gasteiger partial charge in [-0.25, -0.2) is 4.79 Å². The summed E-state index contributed by atoms with van der Waals surface area (Å²) in [7, 11) is 0. The second-order valence-corrected chi connectivity index (χ2v) is 4.28. The zero-order valence-corrected chi connectivity index (χ0v) is 11.4. The van der Waals surface area contributed by atoms with Crippen LogP contribution < -0.4 is 5.32 Å². The first kappa shape index (κ1) is 17.5. The normalized spacial score (nSPS) is 12.3. The van der Waals surface area contributed by atoms with Crippen LogP contribution in [-0.2, 0) is 15.7 Å². The zero-order valence-electron chi connectivity index (χ0n) is 11.4. The number of carboxylic acid groups (broad SMARTS) is 1. The van der Waals surface area contributed by atoms with Crippen molar-refractivity contribution >= 4 is 12.1 Å². The lowest BCUT2D eigenvalue weighted by Gasteiger charge is -2.15. The first-order valence-corrected chi connectivity index (χ1v) is 6.17. The first-order valence-electron chi connectivity index (χ1n) is 6.17. The Morgan fingerprint density at radius 3 is 2.36 bits per heavy atom. The van der Waals surface area contributed by atoms with Crippen molar-refractivity contribution in [3.63, 3.8) is 0 Å².